The summed E-state index contributed by atoms with van der Waals surface area (Å²) in [5, 5.41) is 0. The fraction of sp³-hybridized carbons (Fsp3) is 0.692. The van der Waals surface area contributed by atoms with Gasteiger partial charge in [0, 0.05) is 19.9 Å². The molecular formula is C13H23N3O2. The number of nitrogens with one attached hydrogen (secondary N) is 1. The van der Waals surface area contributed by atoms with Gasteiger partial charge in [-0.25, -0.2) is 9.78 Å². The third-order valence-electron chi connectivity index (χ3n) is 2.92. The third-order valence-corrected chi connectivity index (χ3v) is 2.92. The van der Waals surface area contributed by atoms with Crippen LogP contribution in [0.4, 0.5) is 4.79 Å². The lowest BCUT2D eigenvalue weighted by atomic mass is 10.2. The average molecular weight is 253 g/mol. The second kappa shape index (κ2) is 4.63. The smallest absolute Gasteiger partial charge is 0.410 e. The summed E-state index contributed by atoms with van der Waals surface area (Å²) in [7, 11) is 0. The molecule has 1 aromatic rings. The Morgan fingerprint density at radius 1 is 1.61 bits per heavy atom. The molecule has 0 saturated carbocycles. The Bertz CT molecular complexity index is 439. The first-order chi connectivity index (χ1) is 8.37. The standard InChI is InChI=1S/C13H21N3O2.H2/c1-9-8-14-11(15-9)10-6-5-7-16(10)12(17)18-13(2,3)4;/h8,10H,5-7H2,1-4H3,(H,14,15);1H/t10-;/m0./s1. The highest BCUT2D eigenvalue weighted by Crippen LogP contribution is 2.31. The van der Waals surface area contributed by atoms with E-state index < -0.39 is 5.60 Å². The highest BCUT2D eigenvalue weighted by molar-refractivity contribution is 5.69. The van der Waals surface area contributed by atoms with E-state index >= 15 is 0 Å². The molecule has 1 N–H and O–H groups in total. The topological polar surface area (TPSA) is 58.2 Å². The zero-order valence-electron chi connectivity index (χ0n) is 11.5. The van der Waals surface area contributed by atoms with Gasteiger partial charge in [-0.15, -0.1) is 0 Å². The van der Waals surface area contributed by atoms with Gasteiger partial charge in [-0.05, 0) is 40.5 Å². The minimum atomic E-state index is -0.455. The quantitative estimate of drug-likeness (QED) is 0.837. The Kier molecular flexibility index (Phi) is 3.32. The molecule has 18 heavy (non-hydrogen) atoms. The van der Waals surface area contributed by atoms with Crippen LogP contribution in [0.25, 0.3) is 0 Å². The summed E-state index contributed by atoms with van der Waals surface area (Å²) in [6, 6.07) is 0.0218. The minimum Gasteiger partial charge on any atom is -0.444 e. The number of hydrogen-bond donors (Lipinski definition) is 1. The Labute approximate surface area is 109 Å². The number of aryl methyl sites for hydroxylation is 1. The number of hydrogen-bond acceptors (Lipinski definition) is 3. The summed E-state index contributed by atoms with van der Waals surface area (Å²) in [4.78, 5) is 21.4. The number of aromatic nitrogens is 2. The molecule has 1 amide bonds. The number of aromatic amines is 1. The van der Waals surface area contributed by atoms with E-state index in [2.05, 4.69) is 9.97 Å². The van der Waals surface area contributed by atoms with Gasteiger partial charge >= 0.3 is 6.09 Å². The van der Waals surface area contributed by atoms with Crippen molar-refractivity contribution in [3.05, 3.63) is 17.7 Å². The first-order valence-corrected chi connectivity index (χ1v) is 6.38. The van der Waals surface area contributed by atoms with Crippen molar-refractivity contribution in [3.8, 4) is 0 Å². The van der Waals surface area contributed by atoms with Gasteiger partial charge in [0.05, 0.1) is 6.04 Å². The molecular weight excluding hydrogens is 230 g/mol. The molecule has 0 aromatic carbocycles. The van der Waals surface area contributed by atoms with Crippen molar-refractivity contribution in [2.75, 3.05) is 6.54 Å². The lowest BCUT2D eigenvalue weighted by molar-refractivity contribution is 0.0218. The monoisotopic (exact) mass is 253 g/mol. The Hall–Kier alpha value is -1.52. The fourth-order valence-electron chi connectivity index (χ4n) is 2.19. The molecule has 5 heteroatoms. The summed E-state index contributed by atoms with van der Waals surface area (Å²) in [5.74, 6) is 0.857. The molecule has 102 valence electrons. The normalized spacial score (nSPS) is 20.2. The molecule has 0 radical (unpaired) electrons. The van der Waals surface area contributed by atoms with E-state index in [0.29, 0.717) is 0 Å². The first-order valence-electron chi connectivity index (χ1n) is 6.38. The van der Waals surface area contributed by atoms with Crippen LogP contribution in [0.15, 0.2) is 6.20 Å². The van der Waals surface area contributed by atoms with Gasteiger partial charge in [-0.1, -0.05) is 0 Å². The molecule has 2 rings (SSSR count). The average Bonchev–Trinajstić information content (AvgIpc) is 2.81. The molecule has 0 aliphatic carbocycles. The van der Waals surface area contributed by atoms with Crippen LogP contribution < -0.4 is 0 Å². The van der Waals surface area contributed by atoms with Crippen molar-refractivity contribution in [1.82, 2.24) is 14.9 Å². The molecule has 0 unspecified atom stereocenters. The van der Waals surface area contributed by atoms with E-state index in [1.165, 1.54) is 0 Å². The van der Waals surface area contributed by atoms with Crippen LogP contribution >= 0.6 is 0 Å². The van der Waals surface area contributed by atoms with Crippen LogP contribution in [0.2, 0.25) is 0 Å². The number of H-pyrrole nitrogens is 1. The van der Waals surface area contributed by atoms with E-state index in [1.54, 1.807) is 11.1 Å². The maximum Gasteiger partial charge on any atom is 0.410 e. The second-order valence-electron chi connectivity index (χ2n) is 5.78. The third kappa shape index (κ3) is 2.83. The van der Waals surface area contributed by atoms with Crippen LogP contribution in [0, 0.1) is 6.92 Å². The zero-order chi connectivity index (χ0) is 13.3. The Morgan fingerprint density at radius 3 is 2.89 bits per heavy atom. The van der Waals surface area contributed by atoms with Crippen molar-refractivity contribution in [2.45, 2.75) is 52.2 Å². The molecule has 1 fully saturated rings. The second-order valence-corrected chi connectivity index (χ2v) is 5.78. The number of carbonyl (C=O) groups excluding carboxylic acids is 1. The molecule has 1 atom stereocenters. The molecule has 0 spiro atoms. The van der Waals surface area contributed by atoms with Gasteiger partial charge < -0.3 is 9.72 Å². The molecule has 5 nitrogen and oxygen atoms in total. The number of ether oxygens (including phenoxy) is 1. The van der Waals surface area contributed by atoms with Crippen molar-refractivity contribution in [1.29, 1.82) is 0 Å². The van der Waals surface area contributed by atoms with Crippen molar-refractivity contribution in [2.24, 2.45) is 0 Å². The van der Waals surface area contributed by atoms with Gasteiger partial charge in [-0.3, -0.25) is 4.90 Å². The lowest BCUT2D eigenvalue weighted by Gasteiger charge is -2.27. The van der Waals surface area contributed by atoms with Crippen molar-refractivity contribution in [3.63, 3.8) is 0 Å². The van der Waals surface area contributed by atoms with Gasteiger partial charge in [0.1, 0.15) is 11.4 Å². The van der Waals surface area contributed by atoms with Crippen LogP contribution in [0.1, 0.15) is 52.6 Å². The Morgan fingerprint density at radius 2 is 2.33 bits per heavy atom. The van der Waals surface area contributed by atoms with E-state index in [-0.39, 0.29) is 13.6 Å². The molecule has 1 aromatic heterocycles. The molecule has 1 saturated heterocycles. The molecule has 0 bridgehead atoms. The van der Waals surface area contributed by atoms with Crippen LogP contribution in [-0.4, -0.2) is 33.1 Å². The summed E-state index contributed by atoms with van der Waals surface area (Å²) in [5.41, 5.74) is 0.560. The largest absolute Gasteiger partial charge is 0.444 e. The van der Waals surface area contributed by atoms with E-state index in [1.807, 2.05) is 27.7 Å². The zero-order valence-corrected chi connectivity index (χ0v) is 11.5. The van der Waals surface area contributed by atoms with Crippen LogP contribution in [0.5, 0.6) is 0 Å². The highest BCUT2D eigenvalue weighted by Gasteiger charge is 2.34. The van der Waals surface area contributed by atoms with E-state index in [4.69, 9.17) is 4.74 Å². The van der Waals surface area contributed by atoms with Gasteiger partial charge in [0.15, 0.2) is 0 Å². The van der Waals surface area contributed by atoms with Crippen molar-refractivity contribution >= 4 is 6.09 Å². The van der Waals surface area contributed by atoms with Crippen LogP contribution in [0.3, 0.4) is 0 Å². The predicted octanol–water partition coefficient (Wildman–Crippen LogP) is 3.04. The number of carbonyl (C=O) groups is 1. The highest BCUT2D eigenvalue weighted by atomic mass is 16.6. The predicted molar refractivity (Wildman–Crippen MR) is 70.4 cm³/mol. The summed E-state index contributed by atoms with van der Waals surface area (Å²) >= 11 is 0. The minimum absolute atomic E-state index is 0. The SMILES string of the molecule is Cc1cnc([C@@H]2CCCN2C(=O)OC(C)(C)C)[nH]1.[HH]. The van der Waals surface area contributed by atoms with E-state index in [9.17, 15) is 4.79 Å². The number of rotatable bonds is 1. The maximum absolute atomic E-state index is 12.1. The number of imidazole rings is 1. The molecule has 2 heterocycles. The Balaban J connectivity index is 0.00000180. The van der Waals surface area contributed by atoms with Gasteiger partial charge in [-0.2, -0.15) is 0 Å². The number of nitrogens with zero attached hydrogens (tertiary/aromatic N) is 2. The summed E-state index contributed by atoms with van der Waals surface area (Å²) < 4.78 is 5.43. The lowest BCUT2D eigenvalue weighted by Crippen LogP contribution is -2.36. The maximum atomic E-state index is 12.1. The van der Waals surface area contributed by atoms with Gasteiger partial charge in [0.25, 0.3) is 0 Å². The molecule has 1 aliphatic rings. The van der Waals surface area contributed by atoms with Gasteiger partial charge in [0.2, 0.25) is 0 Å². The fourth-order valence-corrected chi connectivity index (χ4v) is 2.19. The molecule has 1 aliphatic heterocycles. The summed E-state index contributed by atoms with van der Waals surface area (Å²) in [6.45, 7) is 8.34. The van der Waals surface area contributed by atoms with Crippen molar-refractivity contribution < 1.29 is 11.0 Å². The summed E-state index contributed by atoms with van der Waals surface area (Å²) in [6.07, 6.45) is 3.47. The number of amides is 1. The van der Waals surface area contributed by atoms with E-state index in [0.717, 1.165) is 30.9 Å². The van der Waals surface area contributed by atoms with Crippen LogP contribution in [-0.2, 0) is 4.74 Å². The number of likely N-dealkylation sites (tertiary alicyclic amines) is 1. The first kappa shape index (κ1) is 12.9.